The molecule has 6 heteroatoms. The molecule has 0 atom stereocenters. The van der Waals surface area contributed by atoms with E-state index in [0.717, 1.165) is 0 Å². The highest BCUT2D eigenvalue weighted by atomic mass is 16.5. The van der Waals surface area contributed by atoms with E-state index in [1.54, 1.807) is 12.1 Å². The zero-order valence-corrected chi connectivity index (χ0v) is 10.5. The minimum Gasteiger partial charge on any atom is -0.492 e. The number of rotatable bonds is 4. The summed E-state index contributed by atoms with van der Waals surface area (Å²) in [5, 5.41) is 10.1. The van der Waals surface area contributed by atoms with Crippen molar-refractivity contribution in [3.63, 3.8) is 0 Å². The zero-order chi connectivity index (χ0) is 13.7. The number of nitrogens with two attached hydrogens (primary N) is 1. The van der Waals surface area contributed by atoms with Crippen molar-refractivity contribution in [2.45, 2.75) is 6.92 Å². The smallest absolute Gasteiger partial charge is 0.276 e. The Labute approximate surface area is 110 Å². The van der Waals surface area contributed by atoms with Gasteiger partial charge in [-0.1, -0.05) is 12.1 Å². The number of para-hydroxylation sites is 2. The van der Waals surface area contributed by atoms with Crippen LogP contribution < -0.4 is 15.8 Å². The van der Waals surface area contributed by atoms with Crippen molar-refractivity contribution in [3.8, 4) is 5.75 Å². The standard InChI is InChI=1S/C13H14N4O2/c1-2-19-11-6-4-3-5-9(11)15-13(18)10-7-8-12(14)17-16-10/h3-8H,2H2,1H3,(H2,14,17)(H,15,18). The van der Waals surface area contributed by atoms with Crippen LogP contribution in [0.3, 0.4) is 0 Å². The van der Waals surface area contributed by atoms with Gasteiger partial charge in [0.15, 0.2) is 5.69 Å². The fraction of sp³-hybridized carbons (Fsp3) is 0.154. The van der Waals surface area contributed by atoms with Crippen LogP contribution in [0.4, 0.5) is 11.5 Å². The van der Waals surface area contributed by atoms with Gasteiger partial charge in [0, 0.05) is 0 Å². The van der Waals surface area contributed by atoms with Crippen molar-refractivity contribution in [3.05, 3.63) is 42.1 Å². The number of benzene rings is 1. The van der Waals surface area contributed by atoms with Crippen molar-refractivity contribution < 1.29 is 9.53 Å². The Morgan fingerprint density at radius 2 is 2.05 bits per heavy atom. The van der Waals surface area contributed by atoms with Crippen LogP contribution >= 0.6 is 0 Å². The summed E-state index contributed by atoms with van der Waals surface area (Å²) in [4.78, 5) is 12.0. The van der Waals surface area contributed by atoms with Gasteiger partial charge in [0.1, 0.15) is 11.6 Å². The molecule has 2 aromatic rings. The number of nitrogens with one attached hydrogen (secondary N) is 1. The Bertz CT molecular complexity index is 569. The topological polar surface area (TPSA) is 90.1 Å². The molecule has 1 amide bonds. The predicted octanol–water partition coefficient (Wildman–Crippen LogP) is 1.71. The van der Waals surface area contributed by atoms with E-state index in [4.69, 9.17) is 10.5 Å². The molecule has 0 spiro atoms. The third kappa shape index (κ3) is 3.19. The molecule has 0 saturated heterocycles. The van der Waals surface area contributed by atoms with Crippen LogP contribution in [-0.2, 0) is 0 Å². The van der Waals surface area contributed by atoms with Crippen LogP contribution in [0.15, 0.2) is 36.4 Å². The second-order valence-corrected chi connectivity index (χ2v) is 3.73. The van der Waals surface area contributed by atoms with Gasteiger partial charge < -0.3 is 15.8 Å². The summed E-state index contributed by atoms with van der Waals surface area (Å²) in [5.74, 6) is 0.521. The summed E-state index contributed by atoms with van der Waals surface area (Å²) < 4.78 is 5.42. The van der Waals surface area contributed by atoms with E-state index in [-0.39, 0.29) is 17.4 Å². The lowest BCUT2D eigenvalue weighted by atomic mass is 10.2. The highest BCUT2D eigenvalue weighted by molar-refractivity contribution is 6.03. The molecule has 0 aliphatic heterocycles. The van der Waals surface area contributed by atoms with E-state index in [1.165, 1.54) is 12.1 Å². The largest absolute Gasteiger partial charge is 0.492 e. The Kier molecular flexibility index (Phi) is 3.92. The molecule has 0 radical (unpaired) electrons. The summed E-state index contributed by atoms with van der Waals surface area (Å²) in [5.41, 5.74) is 6.20. The average molecular weight is 258 g/mol. The van der Waals surface area contributed by atoms with E-state index in [2.05, 4.69) is 15.5 Å². The number of anilines is 2. The number of hydrogen-bond donors (Lipinski definition) is 2. The molecule has 3 N–H and O–H groups in total. The highest BCUT2D eigenvalue weighted by Crippen LogP contribution is 2.23. The van der Waals surface area contributed by atoms with Crippen molar-refractivity contribution >= 4 is 17.4 Å². The first kappa shape index (κ1) is 12.8. The van der Waals surface area contributed by atoms with Crippen LogP contribution in [-0.4, -0.2) is 22.7 Å². The van der Waals surface area contributed by atoms with Crippen molar-refractivity contribution in [2.24, 2.45) is 0 Å². The summed E-state index contributed by atoms with van der Waals surface area (Å²) >= 11 is 0. The van der Waals surface area contributed by atoms with Gasteiger partial charge in [-0.15, -0.1) is 10.2 Å². The van der Waals surface area contributed by atoms with Crippen LogP contribution in [0.5, 0.6) is 5.75 Å². The maximum Gasteiger partial charge on any atom is 0.276 e. The molecule has 0 saturated carbocycles. The Balaban J connectivity index is 2.16. The number of aromatic nitrogens is 2. The Morgan fingerprint density at radius 1 is 1.26 bits per heavy atom. The van der Waals surface area contributed by atoms with E-state index in [9.17, 15) is 4.79 Å². The number of nitrogen functional groups attached to an aromatic ring is 1. The summed E-state index contributed by atoms with van der Waals surface area (Å²) in [6.07, 6.45) is 0. The quantitative estimate of drug-likeness (QED) is 0.871. The van der Waals surface area contributed by atoms with Crippen molar-refractivity contribution in [2.75, 3.05) is 17.7 Å². The molecular formula is C13H14N4O2. The third-order valence-electron chi connectivity index (χ3n) is 2.35. The van der Waals surface area contributed by atoms with E-state index >= 15 is 0 Å². The van der Waals surface area contributed by atoms with Gasteiger partial charge in [0.25, 0.3) is 5.91 Å². The molecule has 6 nitrogen and oxygen atoms in total. The molecule has 1 aromatic heterocycles. The lowest BCUT2D eigenvalue weighted by Crippen LogP contribution is -2.15. The molecule has 0 aliphatic carbocycles. The molecule has 2 rings (SSSR count). The first-order chi connectivity index (χ1) is 9.20. The fourth-order valence-electron chi connectivity index (χ4n) is 1.50. The lowest BCUT2D eigenvalue weighted by molar-refractivity contribution is 0.102. The molecule has 19 heavy (non-hydrogen) atoms. The molecule has 1 aromatic carbocycles. The number of ether oxygens (including phenoxy) is 1. The number of carbonyl (C=O) groups excluding carboxylic acids is 1. The molecule has 0 bridgehead atoms. The summed E-state index contributed by atoms with van der Waals surface area (Å²) in [6.45, 7) is 2.40. The molecule has 1 heterocycles. The SMILES string of the molecule is CCOc1ccccc1NC(=O)c1ccc(N)nn1. The monoisotopic (exact) mass is 258 g/mol. The van der Waals surface area contributed by atoms with Gasteiger partial charge in [-0.2, -0.15) is 0 Å². The summed E-state index contributed by atoms with van der Waals surface area (Å²) in [7, 11) is 0. The predicted molar refractivity (Wildman–Crippen MR) is 72.0 cm³/mol. The van der Waals surface area contributed by atoms with E-state index in [1.807, 2.05) is 19.1 Å². The molecular weight excluding hydrogens is 244 g/mol. The molecule has 0 aliphatic rings. The Hall–Kier alpha value is -2.63. The molecule has 0 unspecified atom stereocenters. The van der Waals surface area contributed by atoms with E-state index in [0.29, 0.717) is 18.0 Å². The van der Waals surface area contributed by atoms with Gasteiger partial charge in [0.05, 0.1) is 12.3 Å². The van der Waals surface area contributed by atoms with Crippen molar-refractivity contribution in [1.82, 2.24) is 10.2 Å². The molecule has 98 valence electrons. The maximum atomic E-state index is 12.0. The number of carbonyl (C=O) groups is 1. The Morgan fingerprint density at radius 3 is 2.74 bits per heavy atom. The van der Waals surface area contributed by atoms with Crippen LogP contribution in [0.25, 0.3) is 0 Å². The first-order valence-electron chi connectivity index (χ1n) is 5.83. The number of hydrogen-bond acceptors (Lipinski definition) is 5. The van der Waals surface area contributed by atoms with Gasteiger partial charge in [0.2, 0.25) is 0 Å². The summed E-state index contributed by atoms with van der Waals surface area (Å²) in [6, 6.07) is 10.2. The van der Waals surface area contributed by atoms with Crippen LogP contribution in [0, 0.1) is 0 Å². The van der Waals surface area contributed by atoms with Crippen molar-refractivity contribution in [1.29, 1.82) is 0 Å². The van der Waals surface area contributed by atoms with Gasteiger partial charge >= 0.3 is 0 Å². The second kappa shape index (κ2) is 5.81. The first-order valence-corrected chi connectivity index (χ1v) is 5.83. The fourth-order valence-corrected chi connectivity index (χ4v) is 1.50. The van der Waals surface area contributed by atoms with E-state index < -0.39 is 0 Å². The van der Waals surface area contributed by atoms with Gasteiger partial charge in [-0.25, -0.2) is 0 Å². The normalized spacial score (nSPS) is 9.95. The van der Waals surface area contributed by atoms with Crippen LogP contribution in [0.2, 0.25) is 0 Å². The second-order valence-electron chi connectivity index (χ2n) is 3.73. The highest BCUT2D eigenvalue weighted by Gasteiger charge is 2.11. The minimum absolute atomic E-state index is 0.195. The maximum absolute atomic E-state index is 12.0. The molecule has 0 fully saturated rings. The number of nitrogens with zero attached hydrogens (tertiary/aromatic N) is 2. The van der Waals surface area contributed by atoms with Gasteiger partial charge in [-0.3, -0.25) is 4.79 Å². The average Bonchev–Trinajstić information content (AvgIpc) is 2.42. The van der Waals surface area contributed by atoms with Crippen LogP contribution in [0.1, 0.15) is 17.4 Å². The van der Waals surface area contributed by atoms with Gasteiger partial charge in [-0.05, 0) is 31.2 Å². The lowest BCUT2D eigenvalue weighted by Gasteiger charge is -2.10. The minimum atomic E-state index is -0.361. The third-order valence-corrected chi connectivity index (χ3v) is 2.35. The zero-order valence-electron chi connectivity index (χ0n) is 10.5. The number of amides is 1.